The Labute approximate surface area is 193 Å². The van der Waals surface area contributed by atoms with Gasteiger partial charge in [0.1, 0.15) is 0 Å². The number of fused-ring (bicyclic) bond motifs is 2. The SMILES string of the molecule is CC(=O)NCCN(CCn1ccc2ccccc21)C1CCc2cc(/C=C/C(=O)NO)ccc21. The lowest BCUT2D eigenvalue weighted by atomic mass is 10.0. The van der Waals surface area contributed by atoms with Gasteiger partial charge in [-0.25, -0.2) is 5.48 Å². The molecule has 2 amide bonds. The predicted molar refractivity (Wildman–Crippen MR) is 129 cm³/mol. The van der Waals surface area contributed by atoms with Crippen LogP contribution in [0.15, 0.2) is 60.8 Å². The van der Waals surface area contributed by atoms with Crippen LogP contribution in [0.3, 0.4) is 0 Å². The van der Waals surface area contributed by atoms with Gasteiger partial charge >= 0.3 is 0 Å². The molecular weight excluding hydrogens is 416 g/mol. The fourth-order valence-corrected chi connectivity index (χ4v) is 4.68. The lowest BCUT2D eigenvalue weighted by Crippen LogP contribution is -2.37. The minimum Gasteiger partial charge on any atom is -0.355 e. The van der Waals surface area contributed by atoms with E-state index in [1.165, 1.54) is 28.1 Å². The molecule has 1 atom stereocenters. The van der Waals surface area contributed by atoms with E-state index >= 15 is 0 Å². The first-order valence-corrected chi connectivity index (χ1v) is 11.3. The summed E-state index contributed by atoms with van der Waals surface area (Å²) in [6.45, 7) is 4.69. The molecule has 1 aromatic heterocycles. The molecule has 0 saturated heterocycles. The first-order chi connectivity index (χ1) is 16.0. The van der Waals surface area contributed by atoms with Crippen molar-refractivity contribution in [3.05, 3.63) is 77.5 Å². The Kier molecular flexibility index (Phi) is 7.22. The normalized spacial score (nSPS) is 15.3. The molecule has 0 spiro atoms. The Balaban J connectivity index is 1.51. The minimum absolute atomic E-state index is 0.0125. The Morgan fingerprint density at radius 2 is 2.03 bits per heavy atom. The molecule has 0 radical (unpaired) electrons. The van der Waals surface area contributed by atoms with Crippen LogP contribution in [0.25, 0.3) is 17.0 Å². The van der Waals surface area contributed by atoms with Crippen molar-refractivity contribution in [3.8, 4) is 0 Å². The van der Waals surface area contributed by atoms with Crippen molar-refractivity contribution in [3.63, 3.8) is 0 Å². The molecule has 3 aromatic rings. The van der Waals surface area contributed by atoms with Crippen molar-refractivity contribution < 1.29 is 14.8 Å². The average molecular weight is 447 g/mol. The number of para-hydroxylation sites is 1. The standard InChI is InChI=1S/C26H30N4O3/c1-19(31)27-13-15-30(17-16-29-14-12-21-4-2-3-5-24(21)29)25-10-8-22-18-20(6-9-23(22)25)7-11-26(32)28-33/h2-7,9,11-12,14,18,25,33H,8,10,13,15-17H2,1H3,(H,27,31)(H,28,32)/b11-7+. The number of amides is 2. The molecule has 0 saturated carbocycles. The number of hydroxylamine groups is 1. The molecule has 4 rings (SSSR count). The molecule has 0 bridgehead atoms. The van der Waals surface area contributed by atoms with Gasteiger partial charge in [-0.3, -0.25) is 19.7 Å². The van der Waals surface area contributed by atoms with E-state index in [1.54, 1.807) is 18.5 Å². The van der Waals surface area contributed by atoms with Gasteiger partial charge in [0.25, 0.3) is 5.91 Å². The van der Waals surface area contributed by atoms with Gasteiger partial charge in [-0.15, -0.1) is 0 Å². The largest absolute Gasteiger partial charge is 0.355 e. The summed E-state index contributed by atoms with van der Waals surface area (Å²) in [6, 6.07) is 17.1. The average Bonchev–Trinajstić information content (AvgIpc) is 3.43. The molecule has 7 nitrogen and oxygen atoms in total. The number of nitrogens with one attached hydrogen (secondary N) is 2. The zero-order valence-electron chi connectivity index (χ0n) is 18.8. The summed E-state index contributed by atoms with van der Waals surface area (Å²) in [6.07, 6.45) is 7.14. The number of rotatable bonds is 9. The van der Waals surface area contributed by atoms with E-state index in [1.807, 2.05) is 6.07 Å². The molecule has 0 fully saturated rings. The van der Waals surface area contributed by atoms with Gasteiger partial charge in [0.15, 0.2) is 0 Å². The zero-order chi connectivity index (χ0) is 23.2. The highest BCUT2D eigenvalue weighted by atomic mass is 16.5. The van der Waals surface area contributed by atoms with Gasteiger partial charge in [-0.2, -0.15) is 0 Å². The maximum absolute atomic E-state index is 11.4. The van der Waals surface area contributed by atoms with Crippen LogP contribution in [0.2, 0.25) is 0 Å². The molecule has 1 aliphatic carbocycles. The maximum Gasteiger partial charge on any atom is 0.267 e. The topological polar surface area (TPSA) is 86.6 Å². The number of carbonyl (C=O) groups is 2. The molecule has 172 valence electrons. The second-order valence-corrected chi connectivity index (χ2v) is 8.41. The molecule has 3 N–H and O–H groups in total. The monoisotopic (exact) mass is 446 g/mol. The fraction of sp³-hybridized carbons (Fsp3) is 0.308. The van der Waals surface area contributed by atoms with Crippen molar-refractivity contribution >= 4 is 28.8 Å². The zero-order valence-corrected chi connectivity index (χ0v) is 18.8. The van der Waals surface area contributed by atoms with Crippen LogP contribution in [-0.4, -0.2) is 46.1 Å². The van der Waals surface area contributed by atoms with E-state index < -0.39 is 5.91 Å². The number of hydrogen-bond acceptors (Lipinski definition) is 4. The second-order valence-electron chi connectivity index (χ2n) is 8.41. The third kappa shape index (κ3) is 5.50. The van der Waals surface area contributed by atoms with Gasteiger partial charge in [-0.05, 0) is 53.1 Å². The smallest absolute Gasteiger partial charge is 0.267 e. The Bertz CT molecular complexity index is 1170. The summed E-state index contributed by atoms with van der Waals surface area (Å²) in [5, 5.41) is 12.8. The van der Waals surface area contributed by atoms with E-state index in [9.17, 15) is 9.59 Å². The summed E-state index contributed by atoms with van der Waals surface area (Å²) in [5.41, 5.74) is 6.36. The van der Waals surface area contributed by atoms with E-state index in [2.05, 4.69) is 63.4 Å². The first kappa shape index (κ1) is 22.8. The summed E-state index contributed by atoms with van der Waals surface area (Å²) < 4.78 is 2.29. The molecule has 7 heteroatoms. The molecule has 0 aliphatic heterocycles. The third-order valence-corrected chi connectivity index (χ3v) is 6.27. The van der Waals surface area contributed by atoms with E-state index in [-0.39, 0.29) is 11.9 Å². The number of aryl methyl sites for hydroxylation is 1. The van der Waals surface area contributed by atoms with Gasteiger partial charge in [0.2, 0.25) is 5.91 Å². The first-order valence-electron chi connectivity index (χ1n) is 11.3. The number of benzene rings is 2. The second kappa shape index (κ2) is 10.5. The van der Waals surface area contributed by atoms with Crippen molar-refractivity contribution in [1.82, 2.24) is 20.3 Å². The van der Waals surface area contributed by atoms with Gasteiger partial charge in [-0.1, -0.05) is 36.4 Å². The lowest BCUT2D eigenvalue weighted by molar-refractivity contribution is -0.124. The quantitative estimate of drug-likeness (QED) is 0.267. The predicted octanol–water partition coefficient (Wildman–Crippen LogP) is 3.29. The number of nitrogens with zero attached hydrogens (tertiary/aromatic N) is 2. The molecule has 33 heavy (non-hydrogen) atoms. The Hall–Kier alpha value is -3.42. The van der Waals surface area contributed by atoms with Gasteiger partial charge < -0.3 is 9.88 Å². The lowest BCUT2D eigenvalue weighted by Gasteiger charge is -2.30. The summed E-state index contributed by atoms with van der Waals surface area (Å²) in [7, 11) is 0. The highest BCUT2D eigenvalue weighted by molar-refractivity contribution is 5.90. The van der Waals surface area contributed by atoms with Crippen molar-refractivity contribution in [2.24, 2.45) is 0 Å². The van der Waals surface area contributed by atoms with Crippen molar-refractivity contribution in [2.75, 3.05) is 19.6 Å². The van der Waals surface area contributed by atoms with Crippen LogP contribution in [0, 0.1) is 0 Å². The van der Waals surface area contributed by atoms with Crippen LogP contribution in [0.4, 0.5) is 0 Å². The van der Waals surface area contributed by atoms with E-state index in [0.717, 1.165) is 38.0 Å². The minimum atomic E-state index is -0.546. The highest BCUT2D eigenvalue weighted by Gasteiger charge is 2.27. The molecule has 1 unspecified atom stereocenters. The molecule has 2 aromatic carbocycles. The van der Waals surface area contributed by atoms with Crippen LogP contribution in [0.1, 0.15) is 36.1 Å². The van der Waals surface area contributed by atoms with Crippen LogP contribution < -0.4 is 10.8 Å². The van der Waals surface area contributed by atoms with Gasteiger partial charge in [0.05, 0.1) is 0 Å². The summed E-state index contributed by atoms with van der Waals surface area (Å²) in [4.78, 5) is 25.2. The molecule has 1 heterocycles. The van der Waals surface area contributed by atoms with Crippen molar-refractivity contribution in [2.45, 2.75) is 32.4 Å². The maximum atomic E-state index is 11.4. The number of aromatic nitrogens is 1. The molecule has 1 aliphatic rings. The van der Waals surface area contributed by atoms with E-state index in [4.69, 9.17) is 5.21 Å². The van der Waals surface area contributed by atoms with E-state index in [0.29, 0.717) is 6.54 Å². The number of hydrogen-bond donors (Lipinski definition) is 3. The summed E-state index contributed by atoms with van der Waals surface area (Å²) in [5.74, 6) is -0.559. The van der Waals surface area contributed by atoms with Crippen LogP contribution in [0.5, 0.6) is 0 Å². The Morgan fingerprint density at radius 1 is 1.18 bits per heavy atom. The number of carbonyl (C=O) groups excluding carboxylic acids is 2. The van der Waals surface area contributed by atoms with Gasteiger partial charge in [0, 0.05) is 56.9 Å². The third-order valence-electron chi connectivity index (χ3n) is 6.27. The van der Waals surface area contributed by atoms with Crippen LogP contribution in [-0.2, 0) is 22.6 Å². The Morgan fingerprint density at radius 3 is 2.85 bits per heavy atom. The molecular formula is C26H30N4O3. The summed E-state index contributed by atoms with van der Waals surface area (Å²) >= 11 is 0. The highest BCUT2D eigenvalue weighted by Crippen LogP contribution is 2.36. The fourth-order valence-electron chi connectivity index (χ4n) is 4.68. The van der Waals surface area contributed by atoms with Crippen molar-refractivity contribution in [1.29, 1.82) is 0 Å². The van der Waals surface area contributed by atoms with Crippen LogP contribution >= 0.6 is 0 Å².